The van der Waals surface area contributed by atoms with Crippen LogP contribution in [0, 0.1) is 20.8 Å². The third-order valence-electron chi connectivity index (χ3n) is 6.76. The average molecular weight is 502 g/mol. The van der Waals surface area contributed by atoms with Gasteiger partial charge in [0.2, 0.25) is 5.30 Å². The maximum absolute atomic E-state index is 14.3. The predicted octanol–water partition coefficient (Wildman–Crippen LogP) is 8.51. The molecule has 3 nitrogen and oxygen atoms in total. The van der Waals surface area contributed by atoms with Crippen molar-refractivity contribution in [3.63, 3.8) is 0 Å². The van der Waals surface area contributed by atoms with Crippen LogP contribution in [0.3, 0.4) is 0 Å². The van der Waals surface area contributed by atoms with Crippen LogP contribution in [-0.4, -0.2) is 11.3 Å². The summed E-state index contributed by atoms with van der Waals surface area (Å²) in [4.78, 5) is 27.8. The Morgan fingerprint density at radius 1 is 0.694 bits per heavy atom. The zero-order valence-corrected chi connectivity index (χ0v) is 23.9. The van der Waals surface area contributed by atoms with Crippen LogP contribution in [0.25, 0.3) is 0 Å². The second kappa shape index (κ2) is 11.0. The van der Waals surface area contributed by atoms with Gasteiger partial charge in [0.05, 0.1) is 5.56 Å². The first-order valence-corrected chi connectivity index (χ1v) is 14.0. The zero-order chi connectivity index (χ0) is 26.9. The Hall–Kier alpha value is -2.90. The van der Waals surface area contributed by atoms with Crippen LogP contribution >= 0.6 is 7.80 Å². The second-order valence-corrected chi connectivity index (χ2v) is 12.2. The summed E-state index contributed by atoms with van der Waals surface area (Å²) in [5.74, 6) is -0.0429. The molecule has 0 spiro atoms. The molecule has 3 rings (SSSR count). The van der Waals surface area contributed by atoms with Gasteiger partial charge >= 0.3 is 13.3 Å². The fourth-order valence-electron chi connectivity index (χ4n) is 5.13. The first kappa shape index (κ1) is 27.7. The van der Waals surface area contributed by atoms with E-state index >= 15 is 0 Å². The summed E-state index contributed by atoms with van der Waals surface area (Å²) < 4.78 is 14.3. The van der Waals surface area contributed by atoms with E-state index in [-0.39, 0.29) is 29.1 Å². The van der Waals surface area contributed by atoms with Crippen molar-refractivity contribution < 1.29 is 14.2 Å². The van der Waals surface area contributed by atoms with E-state index < -0.39 is 7.80 Å². The van der Waals surface area contributed by atoms with Crippen molar-refractivity contribution >= 4 is 24.4 Å². The molecule has 0 aliphatic rings. The minimum atomic E-state index is -2.44. The van der Waals surface area contributed by atoms with E-state index in [1.54, 1.807) is 0 Å². The minimum absolute atomic E-state index is 0.0443. The van der Waals surface area contributed by atoms with E-state index in [9.17, 15) is 14.2 Å². The van der Waals surface area contributed by atoms with E-state index in [2.05, 4.69) is 27.7 Å². The molecule has 3 aromatic carbocycles. The molecule has 0 aromatic heterocycles. The number of ketones is 1. The minimum Gasteiger partial charge on any atom is -0.289 e. The van der Waals surface area contributed by atoms with Crippen LogP contribution < -0.4 is 5.30 Å². The molecule has 1 unspecified atom stereocenters. The Labute approximate surface area is 217 Å². The highest BCUT2D eigenvalue weighted by Crippen LogP contribution is 2.40. The van der Waals surface area contributed by atoms with Gasteiger partial charge < -0.3 is 0 Å². The van der Waals surface area contributed by atoms with E-state index in [0.717, 1.165) is 33.4 Å². The van der Waals surface area contributed by atoms with Crippen LogP contribution in [0.5, 0.6) is 0 Å². The first-order chi connectivity index (χ1) is 16.9. The number of hydrogen-bond acceptors (Lipinski definition) is 3. The molecule has 4 heteroatoms. The van der Waals surface area contributed by atoms with E-state index in [4.69, 9.17) is 0 Å². The Morgan fingerprint density at radius 3 is 1.69 bits per heavy atom. The Balaban J connectivity index is 2.40. The topological polar surface area (TPSA) is 51.2 Å². The van der Waals surface area contributed by atoms with E-state index in [1.165, 1.54) is 0 Å². The standard InChI is InChI=1S/C32H38O3P/c1-18(2)25-17-26(19(3)4)31(36(35)32(34)28-22(8)15-21(7)16-23(28)9)27(20(5)6)29(25)30(33)24-13-11-10-12-14-24/h10-20H,1-9H3/q+1. The van der Waals surface area contributed by atoms with Gasteiger partial charge in [0.25, 0.3) is 0 Å². The first-order valence-electron chi connectivity index (χ1n) is 12.8. The summed E-state index contributed by atoms with van der Waals surface area (Å²) in [5.41, 5.74) is 6.66. The Morgan fingerprint density at radius 2 is 1.22 bits per heavy atom. The smallest absolute Gasteiger partial charge is 0.289 e. The van der Waals surface area contributed by atoms with Crippen molar-refractivity contribution in [1.29, 1.82) is 0 Å². The highest BCUT2D eigenvalue weighted by molar-refractivity contribution is 7.71. The summed E-state index contributed by atoms with van der Waals surface area (Å²) in [7, 11) is -2.44. The molecule has 0 aliphatic heterocycles. The molecule has 0 radical (unpaired) electrons. The van der Waals surface area contributed by atoms with Gasteiger partial charge in [-0.05, 0) is 61.3 Å². The predicted molar refractivity (Wildman–Crippen MR) is 151 cm³/mol. The number of aryl methyl sites for hydroxylation is 3. The molecule has 0 aliphatic carbocycles. The molecule has 3 aromatic rings. The zero-order valence-electron chi connectivity index (χ0n) is 23.0. The molecule has 0 N–H and O–H groups in total. The molecule has 0 heterocycles. The monoisotopic (exact) mass is 501 g/mol. The molecule has 36 heavy (non-hydrogen) atoms. The summed E-state index contributed by atoms with van der Waals surface area (Å²) in [6.45, 7) is 18.1. The highest BCUT2D eigenvalue weighted by atomic mass is 31.1. The van der Waals surface area contributed by atoms with Crippen molar-refractivity contribution in [2.45, 2.75) is 80.1 Å². The highest BCUT2D eigenvalue weighted by Gasteiger charge is 2.42. The largest absolute Gasteiger partial charge is 0.459 e. The van der Waals surface area contributed by atoms with E-state index in [1.807, 2.05) is 83.1 Å². The fourth-order valence-corrected chi connectivity index (χ4v) is 7.03. The quantitative estimate of drug-likeness (QED) is 0.230. The molecule has 0 bridgehead atoms. The summed E-state index contributed by atoms with van der Waals surface area (Å²) >= 11 is 0. The van der Waals surface area contributed by atoms with Gasteiger partial charge in [0.1, 0.15) is 0 Å². The second-order valence-electron chi connectivity index (χ2n) is 10.7. The molecular weight excluding hydrogens is 463 g/mol. The fraction of sp³-hybridized carbons (Fsp3) is 0.375. The Bertz CT molecular complexity index is 1310. The van der Waals surface area contributed by atoms with Gasteiger partial charge in [-0.25, -0.2) is 4.79 Å². The third kappa shape index (κ3) is 5.27. The lowest BCUT2D eigenvalue weighted by Gasteiger charge is -2.23. The number of hydrogen-bond donors (Lipinski definition) is 0. The summed E-state index contributed by atoms with van der Waals surface area (Å²) in [5, 5.41) is 0.544. The maximum Gasteiger partial charge on any atom is 0.459 e. The lowest BCUT2D eigenvalue weighted by molar-refractivity contribution is 0.103. The van der Waals surface area contributed by atoms with Gasteiger partial charge in [-0.3, -0.25) is 4.79 Å². The van der Waals surface area contributed by atoms with Crippen LogP contribution in [0.4, 0.5) is 0 Å². The maximum atomic E-state index is 14.3. The van der Waals surface area contributed by atoms with Crippen molar-refractivity contribution in [3.8, 4) is 0 Å². The van der Waals surface area contributed by atoms with Crippen molar-refractivity contribution in [2.75, 3.05) is 0 Å². The van der Waals surface area contributed by atoms with Crippen molar-refractivity contribution in [1.82, 2.24) is 0 Å². The average Bonchev–Trinajstić information content (AvgIpc) is 2.81. The molecule has 1 atom stereocenters. The third-order valence-corrected chi connectivity index (χ3v) is 8.26. The molecular formula is C32H38O3P+. The normalized spacial score (nSPS) is 11.9. The van der Waals surface area contributed by atoms with Crippen LogP contribution in [0.15, 0.2) is 48.5 Å². The van der Waals surface area contributed by atoms with Gasteiger partial charge in [-0.1, -0.05) is 94.1 Å². The SMILES string of the molecule is Cc1cc(C)c(C(=O)[P+](=O)c2c(C(C)C)cc(C(C)C)c(C(=O)c3ccccc3)c2C(C)C)c(C)c1. The van der Waals surface area contributed by atoms with Crippen LogP contribution in [-0.2, 0) is 4.57 Å². The number of carbonyl (C=O) groups excluding carboxylic acids is 2. The van der Waals surface area contributed by atoms with E-state index in [0.29, 0.717) is 22.0 Å². The number of carbonyl (C=O) groups is 2. The molecule has 0 saturated heterocycles. The van der Waals surface area contributed by atoms with Crippen molar-refractivity contribution in [3.05, 3.63) is 98.6 Å². The molecule has 188 valence electrons. The molecule has 0 fully saturated rings. The van der Waals surface area contributed by atoms with Gasteiger partial charge in [-0.15, -0.1) is 0 Å². The van der Waals surface area contributed by atoms with Gasteiger partial charge in [0.15, 0.2) is 5.78 Å². The number of benzene rings is 3. The summed E-state index contributed by atoms with van der Waals surface area (Å²) in [6, 6.07) is 15.2. The Kier molecular flexibility index (Phi) is 8.47. The summed E-state index contributed by atoms with van der Waals surface area (Å²) in [6.07, 6.45) is 0. The van der Waals surface area contributed by atoms with Gasteiger partial charge in [-0.2, -0.15) is 0 Å². The number of rotatable bonds is 8. The lowest BCUT2D eigenvalue weighted by Crippen LogP contribution is -2.25. The van der Waals surface area contributed by atoms with Gasteiger partial charge in [0, 0.05) is 22.3 Å². The van der Waals surface area contributed by atoms with Crippen LogP contribution in [0.1, 0.15) is 119 Å². The molecule has 0 amide bonds. The molecule has 0 saturated carbocycles. The van der Waals surface area contributed by atoms with Crippen molar-refractivity contribution in [2.24, 2.45) is 0 Å². The van der Waals surface area contributed by atoms with Crippen LogP contribution in [0.2, 0.25) is 0 Å². The lowest BCUT2D eigenvalue weighted by atomic mass is 9.81.